The van der Waals surface area contributed by atoms with Crippen LogP contribution in [0.3, 0.4) is 0 Å². The Hall–Kier alpha value is -4.13. The summed E-state index contributed by atoms with van der Waals surface area (Å²) in [6.45, 7) is 0.135. The Kier molecular flexibility index (Phi) is 5.20. The lowest BCUT2D eigenvalue weighted by atomic mass is 10.2. The zero-order valence-electron chi connectivity index (χ0n) is 15.2. The monoisotopic (exact) mass is 388 g/mol. The van der Waals surface area contributed by atoms with Crippen LogP contribution in [0.25, 0.3) is 0 Å². The summed E-state index contributed by atoms with van der Waals surface area (Å²) in [6, 6.07) is 20.4. The van der Waals surface area contributed by atoms with E-state index >= 15 is 0 Å². The molecule has 0 saturated carbocycles. The van der Waals surface area contributed by atoms with Gasteiger partial charge in [-0.05, 0) is 48.0 Å². The maximum Gasteiger partial charge on any atom is 0.343 e. The van der Waals surface area contributed by atoms with Gasteiger partial charge >= 0.3 is 5.97 Å². The van der Waals surface area contributed by atoms with Crippen LogP contribution in [0.5, 0.6) is 17.2 Å². The van der Waals surface area contributed by atoms with Crippen molar-refractivity contribution in [3.05, 3.63) is 89.5 Å². The Balaban J connectivity index is 1.39. The summed E-state index contributed by atoms with van der Waals surface area (Å²) in [5.41, 5.74) is 3.98. The minimum Gasteiger partial charge on any atom is -0.454 e. The number of hydrazone groups is 1. The van der Waals surface area contributed by atoms with Gasteiger partial charge in [0.2, 0.25) is 6.79 Å². The third kappa shape index (κ3) is 4.41. The maximum absolute atomic E-state index is 12.4. The highest BCUT2D eigenvalue weighted by atomic mass is 16.7. The number of nitrogens with zero attached hydrogens (tertiary/aromatic N) is 1. The molecule has 4 rings (SSSR count). The normalized spacial score (nSPS) is 12.0. The lowest BCUT2D eigenvalue weighted by molar-refractivity contribution is 0.0734. The number of nitrogens with one attached hydrogen (secondary N) is 1. The van der Waals surface area contributed by atoms with Crippen molar-refractivity contribution in [3.63, 3.8) is 0 Å². The molecule has 0 fully saturated rings. The molecule has 1 amide bonds. The van der Waals surface area contributed by atoms with Gasteiger partial charge in [0.25, 0.3) is 5.91 Å². The Morgan fingerprint density at radius 2 is 1.72 bits per heavy atom. The summed E-state index contributed by atoms with van der Waals surface area (Å²) < 4.78 is 15.9. The number of hydrogen-bond donors (Lipinski definition) is 1. The SMILES string of the molecule is O=C(N/N=C\c1cccc(OC(=O)c2ccc3c(c2)OCO3)c1)c1ccccc1. The number of carbonyl (C=O) groups is 2. The van der Waals surface area contributed by atoms with E-state index in [-0.39, 0.29) is 12.7 Å². The van der Waals surface area contributed by atoms with Crippen LogP contribution in [0.15, 0.2) is 77.9 Å². The molecule has 0 spiro atoms. The molecule has 1 aliphatic rings. The van der Waals surface area contributed by atoms with Gasteiger partial charge < -0.3 is 14.2 Å². The van der Waals surface area contributed by atoms with Gasteiger partial charge in [0.05, 0.1) is 11.8 Å². The molecule has 0 bridgehead atoms. The Morgan fingerprint density at radius 3 is 2.59 bits per heavy atom. The highest BCUT2D eigenvalue weighted by Gasteiger charge is 2.17. The number of esters is 1. The fraction of sp³-hybridized carbons (Fsp3) is 0.0455. The topological polar surface area (TPSA) is 86.2 Å². The number of amides is 1. The van der Waals surface area contributed by atoms with Gasteiger partial charge in [-0.3, -0.25) is 4.79 Å². The van der Waals surface area contributed by atoms with E-state index in [4.69, 9.17) is 14.2 Å². The molecule has 0 atom stereocenters. The molecule has 7 nitrogen and oxygen atoms in total. The maximum atomic E-state index is 12.4. The molecule has 1 heterocycles. The van der Waals surface area contributed by atoms with Gasteiger partial charge in [-0.25, -0.2) is 10.2 Å². The van der Waals surface area contributed by atoms with Crippen LogP contribution in [0.4, 0.5) is 0 Å². The smallest absolute Gasteiger partial charge is 0.343 e. The predicted molar refractivity (Wildman–Crippen MR) is 105 cm³/mol. The first-order valence-electron chi connectivity index (χ1n) is 8.79. The van der Waals surface area contributed by atoms with Gasteiger partial charge in [0.1, 0.15) is 5.75 Å². The molecule has 0 aliphatic carbocycles. The van der Waals surface area contributed by atoms with Crippen molar-refractivity contribution in [1.82, 2.24) is 5.43 Å². The predicted octanol–water partition coefficient (Wildman–Crippen LogP) is 3.40. The summed E-state index contributed by atoms with van der Waals surface area (Å²) in [5, 5.41) is 3.94. The molecule has 1 N–H and O–H groups in total. The standard InChI is InChI=1S/C22H16N2O5/c25-21(16-6-2-1-3-7-16)24-23-13-15-5-4-8-18(11-15)29-22(26)17-9-10-19-20(12-17)28-14-27-19/h1-13H,14H2,(H,24,25)/b23-13-. The molecule has 3 aromatic rings. The van der Waals surface area contributed by atoms with Crippen LogP contribution in [-0.2, 0) is 0 Å². The van der Waals surface area contributed by atoms with Crippen LogP contribution in [0.2, 0.25) is 0 Å². The molecule has 1 aliphatic heterocycles. The van der Waals surface area contributed by atoms with Gasteiger partial charge in [-0.15, -0.1) is 0 Å². The van der Waals surface area contributed by atoms with Crippen LogP contribution < -0.4 is 19.6 Å². The van der Waals surface area contributed by atoms with Crippen LogP contribution in [0.1, 0.15) is 26.3 Å². The van der Waals surface area contributed by atoms with Crippen LogP contribution >= 0.6 is 0 Å². The van der Waals surface area contributed by atoms with Crippen molar-refractivity contribution in [2.75, 3.05) is 6.79 Å². The van der Waals surface area contributed by atoms with Gasteiger partial charge in [0, 0.05) is 5.56 Å². The molecule has 0 aromatic heterocycles. The third-order valence-electron chi connectivity index (χ3n) is 4.09. The van der Waals surface area contributed by atoms with Gasteiger partial charge in [-0.1, -0.05) is 30.3 Å². The first-order chi connectivity index (χ1) is 14.2. The zero-order valence-corrected chi connectivity index (χ0v) is 15.2. The molecule has 144 valence electrons. The average molecular weight is 388 g/mol. The molecule has 0 unspecified atom stereocenters. The lowest BCUT2D eigenvalue weighted by Crippen LogP contribution is -2.17. The first kappa shape index (κ1) is 18.2. The zero-order chi connectivity index (χ0) is 20.1. The fourth-order valence-electron chi connectivity index (χ4n) is 2.67. The average Bonchev–Trinajstić information content (AvgIpc) is 3.22. The third-order valence-corrected chi connectivity index (χ3v) is 4.09. The number of ether oxygens (including phenoxy) is 3. The molecule has 7 heteroatoms. The Labute approximate surface area is 166 Å². The van der Waals surface area contributed by atoms with E-state index in [1.807, 2.05) is 6.07 Å². The summed E-state index contributed by atoms with van der Waals surface area (Å²) >= 11 is 0. The number of benzene rings is 3. The van der Waals surface area contributed by atoms with Crippen molar-refractivity contribution >= 4 is 18.1 Å². The van der Waals surface area contributed by atoms with Crippen LogP contribution in [-0.4, -0.2) is 24.9 Å². The van der Waals surface area contributed by atoms with Crippen molar-refractivity contribution in [1.29, 1.82) is 0 Å². The highest BCUT2D eigenvalue weighted by molar-refractivity contribution is 5.95. The molecule has 0 saturated heterocycles. The number of fused-ring (bicyclic) bond motifs is 1. The quantitative estimate of drug-likeness (QED) is 0.313. The molecular formula is C22H16N2O5. The van der Waals surface area contributed by atoms with Crippen molar-refractivity contribution < 1.29 is 23.8 Å². The van der Waals surface area contributed by atoms with Crippen molar-refractivity contribution in [2.45, 2.75) is 0 Å². The molecular weight excluding hydrogens is 372 g/mol. The van der Waals surface area contributed by atoms with Crippen molar-refractivity contribution in [2.24, 2.45) is 5.10 Å². The van der Waals surface area contributed by atoms with Crippen LogP contribution in [0, 0.1) is 0 Å². The summed E-state index contributed by atoms with van der Waals surface area (Å²) in [5.74, 6) is 0.625. The second kappa shape index (κ2) is 8.26. The summed E-state index contributed by atoms with van der Waals surface area (Å²) in [4.78, 5) is 24.3. The second-order valence-electron chi connectivity index (χ2n) is 6.10. The van der Waals surface area contributed by atoms with E-state index in [0.29, 0.717) is 33.9 Å². The van der Waals surface area contributed by atoms with E-state index in [1.165, 1.54) is 6.21 Å². The van der Waals surface area contributed by atoms with Crippen molar-refractivity contribution in [3.8, 4) is 17.2 Å². The number of carbonyl (C=O) groups excluding carboxylic acids is 2. The first-order valence-corrected chi connectivity index (χ1v) is 8.79. The fourth-order valence-corrected chi connectivity index (χ4v) is 2.67. The highest BCUT2D eigenvalue weighted by Crippen LogP contribution is 2.32. The van der Waals surface area contributed by atoms with E-state index < -0.39 is 5.97 Å². The molecule has 3 aromatic carbocycles. The molecule has 0 radical (unpaired) electrons. The summed E-state index contributed by atoms with van der Waals surface area (Å²) in [6.07, 6.45) is 1.47. The minimum absolute atomic E-state index is 0.135. The summed E-state index contributed by atoms with van der Waals surface area (Å²) in [7, 11) is 0. The second-order valence-corrected chi connectivity index (χ2v) is 6.10. The van der Waals surface area contributed by atoms with E-state index in [2.05, 4.69) is 10.5 Å². The van der Waals surface area contributed by atoms with Gasteiger partial charge in [-0.2, -0.15) is 5.10 Å². The number of rotatable bonds is 5. The largest absolute Gasteiger partial charge is 0.454 e. The Morgan fingerprint density at radius 1 is 0.897 bits per heavy atom. The molecule has 29 heavy (non-hydrogen) atoms. The van der Waals surface area contributed by atoms with E-state index in [1.54, 1.807) is 66.7 Å². The van der Waals surface area contributed by atoms with Gasteiger partial charge in [0.15, 0.2) is 11.5 Å². The minimum atomic E-state index is -0.519. The van der Waals surface area contributed by atoms with E-state index in [9.17, 15) is 9.59 Å². The lowest BCUT2D eigenvalue weighted by Gasteiger charge is -2.06. The Bertz CT molecular complexity index is 1080. The van der Waals surface area contributed by atoms with E-state index in [0.717, 1.165) is 0 Å². The number of hydrogen-bond acceptors (Lipinski definition) is 6.